The first-order valence-corrected chi connectivity index (χ1v) is 9.50. The predicted octanol–water partition coefficient (Wildman–Crippen LogP) is 3.61. The number of amides is 1. The molecule has 2 aromatic rings. The minimum absolute atomic E-state index is 0.173. The zero-order valence-electron chi connectivity index (χ0n) is 15.0. The van der Waals surface area contributed by atoms with Crippen LogP contribution in [0.15, 0.2) is 53.0 Å². The highest BCUT2D eigenvalue weighted by Gasteiger charge is 2.32. The number of likely N-dealkylation sites (tertiary alicyclic amines) is 1. The fourth-order valence-electron chi connectivity index (χ4n) is 2.89. The summed E-state index contributed by atoms with van der Waals surface area (Å²) in [4.78, 5) is 13.7. The molecule has 2 atom stereocenters. The Bertz CT molecular complexity index is 770. The van der Waals surface area contributed by atoms with E-state index in [0.29, 0.717) is 24.5 Å². The summed E-state index contributed by atoms with van der Waals surface area (Å²) >= 11 is 3.44. The maximum atomic E-state index is 12.2. The molecular formula is C20H22BrNO5. The van der Waals surface area contributed by atoms with Crippen molar-refractivity contribution < 1.29 is 24.1 Å². The molecule has 0 spiro atoms. The molecule has 0 radical (unpaired) electrons. The number of benzene rings is 2. The number of aliphatic hydroxyl groups is 1. The van der Waals surface area contributed by atoms with Gasteiger partial charge in [-0.15, -0.1) is 0 Å². The normalized spacial score (nSPS) is 19.4. The summed E-state index contributed by atoms with van der Waals surface area (Å²) in [5, 5.41) is 10.4. The van der Waals surface area contributed by atoms with Crippen LogP contribution in [-0.4, -0.2) is 48.5 Å². The van der Waals surface area contributed by atoms with Crippen molar-refractivity contribution in [3.8, 4) is 11.5 Å². The van der Waals surface area contributed by atoms with Gasteiger partial charge in [-0.3, -0.25) is 0 Å². The Labute approximate surface area is 166 Å². The van der Waals surface area contributed by atoms with Gasteiger partial charge in [-0.25, -0.2) is 4.79 Å². The molecule has 0 unspecified atom stereocenters. The predicted molar refractivity (Wildman–Crippen MR) is 104 cm³/mol. The van der Waals surface area contributed by atoms with Crippen molar-refractivity contribution in [1.29, 1.82) is 0 Å². The number of nitrogens with zero attached hydrogens (tertiary/aromatic N) is 1. The zero-order chi connectivity index (χ0) is 19.2. The summed E-state index contributed by atoms with van der Waals surface area (Å²) in [5.41, 5.74) is 0.925. The van der Waals surface area contributed by atoms with E-state index in [1.54, 1.807) is 25.3 Å². The number of β-amino-alcohol motifs (C(OH)–C–C–N with tert-alkyl or cyclic N) is 1. The van der Waals surface area contributed by atoms with E-state index in [9.17, 15) is 9.90 Å². The van der Waals surface area contributed by atoms with E-state index in [1.165, 1.54) is 4.90 Å². The van der Waals surface area contributed by atoms with Crippen LogP contribution in [0.25, 0.3) is 0 Å². The largest absolute Gasteiger partial charge is 0.497 e. The maximum absolute atomic E-state index is 12.2. The fraction of sp³-hybridized carbons (Fsp3) is 0.350. The Morgan fingerprint density at radius 1 is 1.26 bits per heavy atom. The Kier molecular flexibility index (Phi) is 6.58. The van der Waals surface area contributed by atoms with Gasteiger partial charge < -0.3 is 24.2 Å². The molecule has 3 rings (SSSR count). The number of hydrogen-bond acceptors (Lipinski definition) is 5. The summed E-state index contributed by atoms with van der Waals surface area (Å²) in [6, 6.07) is 14.9. The first-order valence-electron chi connectivity index (χ1n) is 8.70. The van der Waals surface area contributed by atoms with Crippen LogP contribution in [0.2, 0.25) is 0 Å². The highest BCUT2D eigenvalue weighted by atomic mass is 79.9. The molecule has 0 bridgehead atoms. The van der Waals surface area contributed by atoms with Crippen molar-refractivity contribution >= 4 is 22.0 Å². The van der Waals surface area contributed by atoms with E-state index in [4.69, 9.17) is 14.2 Å². The van der Waals surface area contributed by atoms with Crippen LogP contribution in [0, 0.1) is 0 Å². The van der Waals surface area contributed by atoms with Crippen molar-refractivity contribution in [2.75, 3.05) is 20.2 Å². The summed E-state index contributed by atoms with van der Waals surface area (Å²) in [6.07, 6.45) is -1.10. The monoisotopic (exact) mass is 435 g/mol. The van der Waals surface area contributed by atoms with Gasteiger partial charge in [0.15, 0.2) is 0 Å². The lowest BCUT2D eigenvalue weighted by atomic mass is 10.1. The van der Waals surface area contributed by atoms with Crippen LogP contribution in [0.3, 0.4) is 0 Å². The first kappa shape index (κ1) is 19.5. The number of aliphatic hydroxyl groups excluding tert-OH is 1. The second-order valence-corrected chi connectivity index (χ2v) is 7.15. The molecule has 0 saturated carbocycles. The van der Waals surface area contributed by atoms with Crippen LogP contribution in [0.5, 0.6) is 11.5 Å². The number of ether oxygens (including phenoxy) is 3. The smallest absolute Gasteiger partial charge is 0.410 e. The summed E-state index contributed by atoms with van der Waals surface area (Å²) in [6.45, 7) is 0.847. The van der Waals surface area contributed by atoms with Crippen molar-refractivity contribution in [2.45, 2.75) is 25.2 Å². The Morgan fingerprint density at radius 2 is 2.04 bits per heavy atom. The van der Waals surface area contributed by atoms with Crippen LogP contribution in [0.4, 0.5) is 4.79 Å². The van der Waals surface area contributed by atoms with Gasteiger partial charge in [-0.2, -0.15) is 0 Å². The molecule has 1 fully saturated rings. The molecule has 27 heavy (non-hydrogen) atoms. The Balaban J connectivity index is 1.52. The van der Waals surface area contributed by atoms with Crippen LogP contribution in [0.1, 0.15) is 12.0 Å². The van der Waals surface area contributed by atoms with Gasteiger partial charge >= 0.3 is 6.09 Å². The van der Waals surface area contributed by atoms with E-state index in [2.05, 4.69) is 15.9 Å². The fourth-order valence-corrected chi connectivity index (χ4v) is 3.34. The highest BCUT2D eigenvalue weighted by Crippen LogP contribution is 2.31. The third-order valence-electron chi connectivity index (χ3n) is 4.40. The van der Waals surface area contributed by atoms with Crippen molar-refractivity contribution in [1.82, 2.24) is 4.90 Å². The van der Waals surface area contributed by atoms with Gasteiger partial charge in [0.25, 0.3) is 0 Å². The molecule has 0 aromatic heterocycles. The second-order valence-electron chi connectivity index (χ2n) is 6.29. The molecule has 1 N–H and O–H groups in total. The van der Waals surface area contributed by atoms with Crippen LogP contribution in [-0.2, 0) is 11.3 Å². The first-order chi connectivity index (χ1) is 13.1. The van der Waals surface area contributed by atoms with Gasteiger partial charge in [0, 0.05) is 13.0 Å². The average molecular weight is 436 g/mol. The third-order valence-corrected chi connectivity index (χ3v) is 5.02. The van der Waals surface area contributed by atoms with Crippen molar-refractivity contribution in [3.05, 3.63) is 58.6 Å². The molecule has 1 saturated heterocycles. The Hall–Kier alpha value is -2.25. The molecule has 0 aliphatic carbocycles. The molecule has 1 aliphatic heterocycles. The van der Waals surface area contributed by atoms with E-state index in [1.807, 2.05) is 30.3 Å². The van der Waals surface area contributed by atoms with E-state index in [-0.39, 0.29) is 13.2 Å². The van der Waals surface area contributed by atoms with E-state index in [0.717, 1.165) is 10.0 Å². The maximum Gasteiger partial charge on any atom is 0.410 e. The number of carbonyl (C=O) groups excluding carboxylic acids is 1. The number of rotatable bonds is 5. The number of halogens is 1. The van der Waals surface area contributed by atoms with Gasteiger partial charge in [-0.05, 0) is 39.7 Å². The molecule has 1 heterocycles. The van der Waals surface area contributed by atoms with Crippen LogP contribution < -0.4 is 9.47 Å². The molecule has 1 amide bonds. The summed E-state index contributed by atoms with van der Waals surface area (Å²) < 4.78 is 17.2. The van der Waals surface area contributed by atoms with Gasteiger partial charge in [-0.1, -0.05) is 30.3 Å². The van der Waals surface area contributed by atoms with Crippen molar-refractivity contribution in [2.24, 2.45) is 0 Å². The van der Waals surface area contributed by atoms with Gasteiger partial charge in [0.1, 0.15) is 30.3 Å². The van der Waals surface area contributed by atoms with Crippen molar-refractivity contribution in [3.63, 3.8) is 0 Å². The third kappa shape index (κ3) is 5.14. The van der Waals surface area contributed by atoms with Crippen LogP contribution >= 0.6 is 15.9 Å². The lowest BCUT2D eigenvalue weighted by Crippen LogP contribution is -2.51. The molecule has 1 aliphatic rings. The molecule has 2 aromatic carbocycles. The molecular weight excluding hydrogens is 414 g/mol. The molecule has 6 nitrogen and oxygen atoms in total. The second kappa shape index (κ2) is 9.10. The number of piperidine rings is 1. The van der Waals surface area contributed by atoms with E-state index >= 15 is 0 Å². The number of carbonyl (C=O) groups is 1. The molecule has 7 heteroatoms. The SMILES string of the molecule is COc1ccc(O[C@@H]2CCN(C(=O)OCc3ccccc3)C[C@H]2O)c(Br)c1. The lowest BCUT2D eigenvalue weighted by molar-refractivity contribution is -0.0255. The quantitative estimate of drug-likeness (QED) is 0.776. The summed E-state index contributed by atoms with van der Waals surface area (Å²) in [7, 11) is 1.60. The lowest BCUT2D eigenvalue weighted by Gasteiger charge is -2.35. The minimum Gasteiger partial charge on any atom is -0.497 e. The Morgan fingerprint density at radius 3 is 2.70 bits per heavy atom. The van der Waals surface area contributed by atoms with Gasteiger partial charge in [0.2, 0.25) is 0 Å². The topological polar surface area (TPSA) is 68.2 Å². The standard InChI is InChI=1S/C20H22BrNO5/c1-25-15-7-8-18(16(21)11-15)27-19-9-10-22(12-17(19)23)20(24)26-13-14-5-3-2-4-6-14/h2-8,11,17,19,23H,9-10,12-13H2,1H3/t17-,19-/m1/s1. The van der Waals surface area contributed by atoms with Gasteiger partial charge in [0.05, 0.1) is 18.1 Å². The summed E-state index contributed by atoms with van der Waals surface area (Å²) in [5.74, 6) is 1.34. The highest BCUT2D eigenvalue weighted by molar-refractivity contribution is 9.10. The van der Waals surface area contributed by atoms with E-state index < -0.39 is 18.3 Å². The number of methoxy groups -OCH3 is 1. The average Bonchev–Trinajstić information content (AvgIpc) is 2.69. The number of hydrogen-bond donors (Lipinski definition) is 1. The zero-order valence-corrected chi connectivity index (χ0v) is 16.6. The minimum atomic E-state index is -0.794. The molecule has 144 valence electrons.